The van der Waals surface area contributed by atoms with Gasteiger partial charge < -0.3 is 10.1 Å². The summed E-state index contributed by atoms with van der Waals surface area (Å²) in [5.74, 6) is -1.01. The van der Waals surface area contributed by atoms with Crippen LogP contribution < -0.4 is 5.32 Å². The van der Waals surface area contributed by atoms with Gasteiger partial charge in [0.2, 0.25) is 0 Å². The molecule has 0 aliphatic heterocycles. The molecular formula is C25H21F2NO2S. The number of hydrogen-bond acceptors (Lipinski definition) is 3. The molecule has 0 saturated carbocycles. The van der Waals surface area contributed by atoms with Crippen molar-refractivity contribution in [2.75, 3.05) is 20.3 Å². The molecule has 0 aliphatic carbocycles. The van der Waals surface area contributed by atoms with E-state index in [2.05, 4.69) is 5.32 Å². The number of carbonyl (C=O) groups is 1. The van der Waals surface area contributed by atoms with Gasteiger partial charge in [-0.05, 0) is 58.5 Å². The van der Waals surface area contributed by atoms with Crippen molar-refractivity contribution < 1.29 is 18.3 Å². The largest absolute Gasteiger partial charge is 0.383 e. The smallest absolute Gasteiger partial charge is 0.251 e. The van der Waals surface area contributed by atoms with Crippen molar-refractivity contribution in [1.82, 2.24) is 5.32 Å². The van der Waals surface area contributed by atoms with Crippen molar-refractivity contribution in [3.8, 4) is 11.1 Å². The number of hydrogen-bond donors (Lipinski definition) is 1. The summed E-state index contributed by atoms with van der Waals surface area (Å²) in [5.41, 5.74) is 2.84. The van der Waals surface area contributed by atoms with Gasteiger partial charge in [0.1, 0.15) is 11.6 Å². The fraction of sp³-hybridized carbons (Fsp3) is 0.160. The third kappa shape index (κ3) is 4.81. The zero-order chi connectivity index (χ0) is 21.8. The molecule has 1 aromatic heterocycles. The number of nitrogens with one attached hydrogen (secondary N) is 1. The Morgan fingerprint density at radius 1 is 1.03 bits per heavy atom. The van der Waals surface area contributed by atoms with Gasteiger partial charge in [-0.1, -0.05) is 30.3 Å². The molecule has 0 bridgehead atoms. The van der Waals surface area contributed by atoms with E-state index in [0.29, 0.717) is 30.7 Å². The molecule has 0 radical (unpaired) electrons. The highest BCUT2D eigenvalue weighted by molar-refractivity contribution is 7.19. The SMILES string of the molecule is COCCNC(=O)c1cccc(-c2cccc3cc(Cc4cc(F)ccc4F)sc23)c1. The fourth-order valence-electron chi connectivity index (χ4n) is 3.49. The van der Waals surface area contributed by atoms with Crippen molar-refractivity contribution in [2.24, 2.45) is 0 Å². The van der Waals surface area contributed by atoms with Crippen LogP contribution in [0, 0.1) is 11.6 Å². The lowest BCUT2D eigenvalue weighted by atomic mass is 10.0. The van der Waals surface area contributed by atoms with Gasteiger partial charge in [-0.15, -0.1) is 11.3 Å². The molecule has 0 unspecified atom stereocenters. The zero-order valence-electron chi connectivity index (χ0n) is 17.0. The standard InChI is InChI=1S/C25H21F2NO2S/c1-30-11-10-28-25(29)18-6-2-4-16(12-18)22-7-3-5-17-14-21(31-24(17)22)15-19-13-20(26)8-9-23(19)27/h2-9,12-14H,10-11,15H2,1H3,(H,28,29). The van der Waals surface area contributed by atoms with Crippen LogP contribution in [0.25, 0.3) is 21.2 Å². The lowest BCUT2D eigenvalue weighted by Gasteiger charge is -2.08. The number of ether oxygens (including phenoxy) is 1. The molecule has 0 aliphatic rings. The molecule has 0 atom stereocenters. The monoisotopic (exact) mass is 437 g/mol. The first-order chi connectivity index (χ1) is 15.0. The van der Waals surface area contributed by atoms with E-state index < -0.39 is 11.6 Å². The van der Waals surface area contributed by atoms with E-state index in [1.54, 1.807) is 24.5 Å². The molecule has 0 spiro atoms. The molecule has 6 heteroatoms. The highest BCUT2D eigenvalue weighted by Crippen LogP contribution is 2.36. The summed E-state index contributed by atoms with van der Waals surface area (Å²) >= 11 is 1.55. The molecular weight excluding hydrogens is 416 g/mol. The number of benzene rings is 3. The van der Waals surface area contributed by atoms with E-state index in [-0.39, 0.29) is 5.91 Å². The van der Waals surface area contributed by atoms with Gasteiger partial charge in [0.05, 0.1) is 6.61 Å². The molecule has 1 amide bonds. The summed E-state index contributed by atoms with van der Waals surface area (Å²) < 4.78 is 33.6. The van der Waals surface area contributed by atoms with Crippen LogP contribution in [-0.4, -0.2) is 26.2 Å². The average Bonchev–Trinajstić information content (AvgIpc) is 3.19. The summed E-state index contributed by atoms with van der Waals surface area (Å²) in [4.78, 5) is 13.3. The van der Waals surface area contributed by atoms with Gasteiger partial charge >= 0.3 is 0 Å². The van der Waals surface area contributed by atoms with Crippen molar-refractivity contribution in [1.29, 1.82) is 0 Å². The number of methoxy groups -OCH3 is 1. The number of fused-ring (bicyclic) bond motifs is 1. The van der Waals surface area contributed by atoms with Crippen molar-refractivity contribution in [3.63, 3.8) is 0 Å². The maximum atomic E-state index is 14.1. The van der Waals surface area contributed by atoms with E-state index in [1.165, 1.54) is 6.07 Å². The van der Waals surface area contributed by atoms with E-state index in [1.807, 2.05) is 42.5 Å². The minimum atomic E-state index is -0.446. The highest BCUT2D eigenvalue weighted by atomic mass is 32.1. The lowest BCUT2D eigenvalue weighted by Crippen LogP contribution is -2.26. The Morgan fingerprint density at radius 3 is 2.71 bits per heavy atom. The molecule has 31 heavy (non-hydrogen) atoms. The maximum Gasteiger partial charge on any atom is 0.251 e. The topological polar surface area (TPSA) is 38.3 Å². The summed E-state index contributed by atoms with van der Waals surface area (Å²) in [6, 6.07) is 19.0. The molecule has 0 saturated heterocycles. The van der Waals surface area contributed by atoms with Crippen LogP contribution in [-0.2, 0) is 11.2 Å². The van der Waals surface area contributed by atoms with E-state index in [4.69, 9.17) is 4.74 Å². The lowest BCUT2D eigenvalue weighted by molar-refractivity contribution is 0.0937. The number of rotatable bonds is 7. The van der Waals surface area contributed by atoms with Crippen LogP contribution in [0.5, 0.6) is 0 Å². The number of carbonyl (C=O) groups excluding carboxylic acids is 1. The zero-order valence-corrected chi connectivity index (χ0v) is 17.8. The minimum absolute atomic E-state index is 0.153. The Labute approximate surface area is 183 Å². The van der Waals surface area contributed by atoms with Gasteiger partial charge in [-0.3, -0.25) is 4.79 Å². The molecule has 3 aromatic carbocycles. The molecule has 4 rings (SSSR count). The molecule has 1 heterocycles. The molecule has 158 valence electrons. The number of thiophene rings is 1. The first kappa shape index (κ1) is 21.2. The third-order valence-corrected chi connectivity index (χ3v) is 6.18. The van der Waals surface area contributed by atoms with Crippen molar-refractivity contribution in [3.05, 3.63) is 94.4 Å². The van der Waals surface area contributed by atoms with Crippen molar-refractivity contribution >= 4 is 27.3 Å². The second-order valence-corrected chi connectivity index (χ2v) is 8.32. The minimum Gasteiger partial charge on any atom is -0.383 e. The molecule has 3 nitrogen and oxygen atoms in total. The van der Waals surface area contributed by atoms with Crippen LogP contribution in [0.1, 0.15) is 20.8 Å². The summed E-state index contributed by atoms with van der Waals surface area (Å²) in [7, 11) is 1.59. The van der Waals surface area contributed by atoms with Crippen LogP contribution in [0.15, 0.2) is 66.7 Å². The highest BCUT2D eigenvalue weighted by Gasteiger charge is 2.13. The molecule has 0 fully saturated rings. The summed E-state index contributed by atoms with van der Waals surface area (Å²) in [6.07, 6.45) is 0.324. The maximum absolute atomic E-state index is 14.1. The van der Waals surface area contributed by atoms with E-state index in [9.17, 15) is 13.6 Å². The fourth-order valence-corrected chi connectivity index (χ4v) is 4.71. The average molecular weight is 438 g/mol. The molecule has 4 aromatic rings. The summed E-state index contributed by atoms with van der Waals surface area (Å²) in [5, 5.41) is 3.86. The van der Waals surface area contributed by atoms with E-state index >= 15 is 0 Å². The van der Waals surface area contributed by atoms with Gasteiger partial charge in [-0.25, -0.2) is 8.78 Å². The first-order valence-corrected chi connectivity index (χ1v) is 10.7. The second kappa shape index (κ2) is 9.37. The normalized spacial score (nSPS) is 11.1. The molecule has 1 N–H and O–H groups in total. The number of halogens is 2. The van der Waals surface area contributed by atoms with Crippen molar-refractivity contribution in [2.45, 2.75) is 6.42 Å². The first-order valence-electron chi connectivity index (χ1n) is 9.88. The Kier molecular flexibility index (Phi) is 6.39. The van der Waals surface area contributed by atoms with Crippen LogP contribution in [0.2, 0.25) is 0 Å². The second-order valence-electron chi connectivity index (χ2n) is 7.18. The van der Waals surface area contributed by atoms with Crippen LogP contribution in [0.3, 0.4) is 0 Å². The van der Waals surface area contributed by atoms with Crippen LogP contribution >= 0.6 is 11.3 Å². The van der Waals surface area contributed by atoms with Crippen LogP contribution in [0.4, 0.5) is 8.78 Å². The van der Waals surface area contributed by atoms with Gasteiger partial charge in [0, 0.05) is 35.2 Å². The van der Waals surface area contributed by atoms with Gasteiger partial charge in [-0.2, -0.15) is 0 Å². The number of amides is 1. The van der Waals surface area contributed by atoms with Gasteiger partial charge in [0.15, 0.2) is 0 Å². The Bertz CT molecular complexity index is 1240. The third-order valence-electron chi connectivity index (χ3n) is 5.00. The Balaban J connectivity index is 1.65. The van der Waals surface area contributed by atoms with Gasteiger partial charge in [0.25, 0.3) is 5.91 Å². The Hall–Kier alpha value is -3.09. The summed E-state index contributed by atoms with van der Waals surface area (Å²) in [6.45, 7) is 0.898. The van der Waals surface area contributed by atoms with E-state index in [0.717, 1.165) is 38.2 Å². The Morgan fingerprint density at radius 2 is 1.87 bits per heavy atom. The predicted octanol–water partition coefficient (Wildman–Crippen LogP) is 5.81. The predicted molar refractivity (Wildman–Crippen MR) is 121 cm³/mol. The quantitative estimate of drug-likeness (QED) is 0.370.